The van der Waals surface area contributed by atoms with Gasteiger partial charge in [-0.15, -0.1) is 0 Å². The van der Waals surface area contributed by atoms with Crippen molar-refractivity contribution in [2.45, 2.75) is 25.1 Å². The number of nitrogens with one attached hydrogen (secondary N) is 1. The summed E-state index contributed by atoms with van der Waals surface area (Å²) in [5.41, 5.74) is 6.64. The molecule has 2 aromatic rings. The molecule has 174 valence electrons. The second kappa shape index (κ2) is 9.65. The summed E-state index contributed by atoms with van der Waals surface area (Å²) < 4.78 is 40.0. The standard InChI is InChI=1S/C21H21F2N5O4S/c1-31-11-14(20(24)30)25-12-2-3-13-16(8-12)32-6-5-27-9-17(26-21(13)27)28-15(19(22)23)4-7-33-18(28)10-29/h2-4,7-9,14-15,19,25H,5-6,11H2,1H3,(H2,24,30)/t14-,15-/m0/s1. The number of nitrogens with two attached hydrogens (primary N) is 1. The first-order chi connectivity index (χ1) is 15.9. The minimum absolute atomic E-state index is 0.0164. The average molecular weight is 477 g/mol. The van der Waals surface area contributed by atoms with Crippen molar-refractivity contribution in [2.24, 2.45) is 5.73 Å². The van der Waals surface area contributed by atoms with Crippen molar-refractivity contribution in [3.63, 3.8) is 0 Å². The molecule has 2 aliphatic heterocycles. The normalized spacial score (nSPS) is 18.1. The summed E-state index contributed by atoms with van der Waals surface area (Å²) in [6.45, 7) is 0.824. The fourth-order valence-electron chi connectivity index (χ4n) is 3.63. The Labute approximate surface area is 192 Å². The molecule has 1 amide bonds. The zero-order valence-electron chi connectivity index (χ0n) is 17.5. The maximum Gasteiger partial charge on any atom is 0.262 e. The number of fused-ring (bicyclic) bond motifs is 3. The Morgan fingerprint density at radius 1 is 1.48 bits per heavy atom. The zero-order valence-corrected chi connectivity index (χ0v) is 18.4. The second-order valence-electron chi connectivity index (χ2n) is 7.28. The Hall–Kier alpha value is -3.34. The summed E-state index contributed by atoms with van der Waals surface area (Å²) in [5, 5.41) is 4.48. The lowest BCUT2D eigenvalue weighted by Crippen LogP contribution is -2.39. The lowest BCUT2D eigenvalue weighted by molar-refractivity contribution is -0.119. The van der Waals surface area contributed by atoms with Crippen molar-refractivity contribution >= 4 is 35.1 Å². The lowest BCUT2D eigenvalue weighted by atomic mass is 10.1. The number of ether oxygens (including phenoxy) is 2. The van der Waals surface area contributed by atoms with Crippen LogP contribution < -0.4 is 20.7 Å². The molecule has 3 heterocycles. The third-order valence-corrected chi connectivity index (χ3v) is 5.95. The van der Waals surface area contributed by atoms with Crippen LogP contribution in [0.25, 0.3) is 11.4 Å². The maximum absolute atomic E-state index is 13.7. The van der Waals surface area contributed by atoms with E-state index in [9.17, 15) is 18.4 Å². The number of thioether (sulfide) groups is 1. The molecule has 0 bridgehead atoms. The van der Waals surface area contributed by atoms with Gasteiger partial charge in [-0.3, -0.25) is 9.69 Å². The van der Waals surface area contributed by atoms with Gasteiger partial charge in [-0.25, -0.2) is 18.6 Å². The van der Waals surface area contributed by atoms with Gasteiger partial charge in [0.25, 0.3) is 6.43 Å². The number of aromatic nitrogens is 2. The van der Waals surface area contributed by atoms with Crippen LogP contribution in [0.3, 0.4) is 0 Å². The minimum Gasteiger partial charge on any atom is -0.491 e. The largest absolute Gasteiger partial charge is 0.491 e. The fourth-order valence-corrected chi connectivity index (χ4v) is 4.37. The highest BCUT2D eigenvalue weighted by molar-refractivity contribution is 8.06. The number of hydrogen-bond acceptors (Lipinski definition) is 8. The van der Waals surface area contributed by atoms with Gasteiger partial charge in [-0.05, 0) is 23.6 Å². The van der Waals surface area contributed by atoms with E-state index >= 15 is 0 Å². The number of methoxy groups -OCH3 is 1. The van der Waals surface area contributed by atoms with E-state index in [1.807, 2.05) is 0 Å². The van der Waals surface area contributed by atoms with Gasteiger partial charge in [0, 0.05) is 25.1 Å². The fraction of sp³-hybridized carbons (Fsp3) is 0.333. The predicted molar refractivity (Wildman–Crippen MR) is 120 cm³/mol. The molecule has 9 nitrogen and oxygen atoms in total. The molecule has 0 saturated carbocycles. The van der Waals surface area contributed by atoms with Gasteiger partial charge >= 0.3 is 0 Å². The Kier molecular flexibility index (Phi) is 6.68. The van der Waals surface area contributed by atoms with Gasteiger partial charge in [0.1, 0.15) is 30.3 Å². The van der Waals surface area contributed by atoms with E-state index < -0.39 is 24.4 Å². The van der Waals surface area contributed by atoms with E-state index in [0.29, 0.717) is 36.0 Å². The van der Waals surface area contributed by atoms with Crippen LogP contribution in [-0.2, 0) is 20.9 Å². The summed E-state index contributed by atoms with van der Waals surface area (Å²) in [6.07, 6.45) is 0.237. The lowest BCUT2D eigenvalue weighted by Gasteiger charge is -2.31. The summed E-state index contributed by atoms with van der Waals surface area (Å²) in [7, 11) is 1.47. The Morgan fingerprint density at radius 3 is 3.00 bits per heavy atom. The third kappa shape index (κ3) is 4.58. The number of nitrogens with zero attached hydrogens (tertiary/aromatic N) is 3. The van der Waals surface area contributed by atoms with E-state index in [1.165, 1.54) is 23.5 Å². The number of halogens is 2. The number of hydrogen-bond donors (Lipinski definition) is 2. The SMILES string of the molecule is COC[C@H](Nc1ccc2c(c1)OCCn1cc(N3C(=C=O)SC=C[C@H]3C(F)F)nc1-2)C(N)=O. The minimum atomic E-state index is -2.72. The topological polar surface area (TPSA) is 112 Å². The molecule has 33 heavy (non-hydrogen) atoms. The van der Waals surface area contributed by atoms with Crippen LogP contribution in [0.4, 0.5) is 20.3 Å². The summed E-state index contributed by atoms with van der Waals surface area (Å²) in [4.78, 5) is 28.8. The molecule has 2 atom stereocenters. The number of carbonyl (C=O) groups excluding carboxylic acids is 2. The van der Waals surface area contributed by atoms with E-state index in [-0.39, 0.29) is 17.5 Å². The first kappa shape index (κ1) is 22.8. The molecule has 3 N–H and O–H groups in total. The van der Waals surface area contributed by atoms with Crippen LogP contribution in [0, 0.1) is 0 Å². The number of primary amides is 1. The van der Waals surface area contributed by atoms with E-state index in [2.05, 4.69) is 10.3 Å². The molecule has 0 aliphatic carbocycles. The van der Waals surface area contributed by atoms with Gasteiger partial charge < -0.3 is 25.1 Å². The number of imidazole rings is 1. The number of rotatable bonds is 7. The van der Waals surface area contributed by atoms with Crippen LogP contribution in [0.2, 0.25) is 0 Å². The Morgan fingerprint density at radius 2 is 2.30 bits per heavy atom. The first-order valence-corrected chi connectivity index (χ1v) is 10.9. The molecule has 1 aromatic carbocycles. The first-order valence-electron chi connectivity index (χ1n) is 9.98. The molecule has 0 radical (unpaired) electrons. The predicted octanol–water partition coefficient (Wildman–Crippen LogP) is 2.23. The van der Waals surface area contributed by atoms with Crippen molar-refractivity contribution in [3.05, 3.63) is 40.9 Å². The Balaban J connectivity index is 1.70. The number of anilines is 2. The number of carbonyl (C=O) groups is 1. The molecule has 12 heteroatoms. The van der Waals surface area contributed by atoms with Crippen molar-refractivity contribution in [1.82, 2.24) is 9.55 Å². The maximum atomic E-state index is 13.7. The molecule has 4 rings (SSSR count). The van der Waals surface area contributed by atoms with Gasteiger partial charge in [-0.1, -0.05) is 11.8 Å². The van der Waals surface area contributed by atoms with Gasteiger partial charge in [0.15, 0.2) is 16.8 Å². The average Bonchev–Trinajstić information content (AvgIpc) is 3.14. The molecule has 0 spiro atoms. The quantitative estimate of drug-likeness (QED) is 0.584. The highest BCUT2D eigenvalue weighted by Crippen LogP contribution is 2.39. The Bertz CT molecular complexity index is 1130. The van der Waals surface area contributed by atoms with Crippen LogP contribution in [0.5, 0.6) is 5.75 Å². The monoisotopic (exact) mass is 477 g/mol. The van der Waals surface area contributed by atoms with Gasteiger partial charge in [0.05, 0.1) is 18.7 Å². The molecular weight excluding hydrogens is 456 g/mol. The number of benzene rings is 1. The van der Waals surface area contributed by atoms with Gasteiger partial charge in [-0.2, -0.15) is 0 Å². The van der Waals surface area contributed by atoms with Crippen molar-refractivity contribution in [3.8, 4) is 17.1 Å². The highest BCUT2D eigenvalue weighted by Gasteiger charge is 2.34. The van der Waals surface area contributed by atoms with Crippen molar-refractivity contribution in [2.75, 3.05) is 30.5 Å². The van der Waals surface area contributed by atoms with E-state index in [1.54, 1.807) is 34.9 Å². The molecule has 0 unspecified atom stereocenters. The second-order valence-corrected chi connectivity index (χ2v) is 8.17. The van der Waals surface area contributed by atoms with Crippen LogP contribution in [0.15, 0.2) is 40.9 Å². The molecule has 1 aromatic heterocycles. The number of alkyl halides is 2. The molecule has 0 fully saturated rings. The summed E-state index contributed by atoms with van der Waals surface area (Å²) >= 11 is 1.01. The van der Waals surface area contributed by atoms with E-state index in [4.69, 9.17) is 15.2 Å². The third-order valence-electron chi connectivity index (χ3n) is 5.16. The van der Waals surface area contributed by atoms with Crippen LogP contribution in [0.1, 0.15) is 0 Å². The summed E-state index contributed by atoms with van der Waals surface area (Å²) in [5.74, 6) is 2.40. The van der Waals surface area contributed by atoms with Crippen LogP contribution in [-0.4, -0.2) is 60.2 Å². The molecule has 2 aliphatic rings. The summed E-state index contributed by atoms with van der Waals surface area (Å²) in [6, 6.07) is 3.15. The van der Waals surface area contributed by atoms with Crippen molar-refractivity contribution < 1.29 is 27.8 Å². The number of amides is 1. The highest BCUT2D eigenvalue weighted by atomic mass is 32.2. The van der Waals surface area contributed by atoms with Crippen molar-refractivity contribution in [1.29, 1.82) is 0 Å². The van der Waals surface area contributed by atoms with Gasteiger partial charge in [0.2, 0.25) is 5.91 Å². The molecule has 0 saturated heterocycles. The van der Waals surface area contributed by atoms with Crippen LogP contribution >= 0.6 is 11.8 Å². The van der Waals surface area contributed by atoms with E-state index in [0.717, 1.165) is 11.8 Å². The molecular formula is C21H21F2N5O4S. The zero-order chi connectivity index (χ0) is 23.5. The smallest absolute Gasteiger partial charge is 0.262 e.